The molecule has 0 saturated carbocycles. The molecular formula is C9H11NO4. The molecule has 0 N–H and O–H groups in total. The highest BCUT2D eigenvalue weighted by atomic mass is 16.6. The Hall–Kier alpha value is -1.65. The van der Waals surface area contributed by atoms with Crippen molar-refractivity contribution in [3.8, 4) is 0 Å². The predicted molar refractivity (Wildman–Crippen MR) is 48.5 cm³/mol. The van der Waals surface area contributed by atoms with Crippen molar-refractivity contribution >= 4 is 6.29 Å². The lowest BCUT2D eigenvalue weighted by molar-refractivity contribution is -0.484. The second-order valence-electron chi connectivity index (χ2n) is 3.13. The minimum absolute atomic E-state index is 0.284. The Morgan fingerprint density at radius 3 is 2.86 bits per heavy atom. The standard InChI is InChI=1S/C9H11NO4/c1-7(6-11)8(5-10(12)13)9-3-2-4-14-9/h2-4,6-8H,5H2,1H3/t7-,8-/m0/s1. The van der Waals surface area contributed by atoms with Crippen LogP contribution in [0.25, 0.3) is 0 Å². The fraction of sp³-hybridized carbons (Fsp3) is 0.444. The topological polar surface area (TPSA) is 73.3 Å². The molecule has 0 amide bonds. The van der Waals surface area contributed by atoms with E-state index in [1.54, 1.807) is 19.1 Å². The first-order chi connectivity index (χ1) is 6.65. The van der Waals surface area contributed by atoms with E-state index in [2.05, 4.69) is 0 Å². The molecule has 76 valence electrons. The molecular weight excluding hydrogens is 186 g/mol. The summed E-state index contributed by atoms with van der Waals surface area (Å²) < 4.78 is 5.06. The minimum atomic E-state index is -0.475. The van der Waals surface area contributed by atoms with Gasteiger partial charge in [-0.1, -0.05) is 6.92 Å². The van der Waals surface area contributed by atoms with E-state index in [1.807, 2.05) is 0 Å². The van der Waals surface area contributed by atoms with Crippen molar-refractivity contribution < 1.29 is 14.1 Å². The highest BCUT2D eigenvalue weighted by Crippen LogP contribution is 2.23. The van der Waals surface area contributed by atoms with Crippen molar-refractivity contribution in [1.29, 1.82) is 0 Å². The van der Waals surface area contributed by atoms with E-state index in [4.69, 9.17) is 4.42 Å². The van der Waals surface area contributed by atoms with Crippen molar-refractivity contribution in [2.45, 2.75) is 12.8 Å². The highest BCUT2D eigenvalue weighted by Gasteiger charge is 2.26. The van der Waals surface area contributed by atoms with Gasteiger partial charge in [0.1, 0.15) is 12.0 Å². The van der Waals surface area contributed by atoms with Crippen molar-refractivity contribution in [2.24, 2.45) is 5.92 Å². The molecule has 5 heteroatoms. The number of nitro groups is 1. The number of carbonyl (C=O) groups excluding carboxylic acids is 1. The monoisotopic (exact) mass is 197 g/mol. The third kappa shape index (κ3) is 2.42. The average molecular weight is 197 g/mol. The van der Waals surface area contributed by atoms with Gasteiger partial charge in [-0.05, 0) is 12.1 Å². The first-order valence-corrected chi connectivity index (χ1v) is 4.25. The summed E-state index contributed by atoms with van der Waals surface area (Å²) in [7, 11) is 0. The van der Waals surface area contributed by atoms with Crippen LogP contribution in [-0.4, -0.2) is 17.8 Å². The first kappa shape index (κ1) is 10.4. The Bertz CT molecular complexity index is 307. The van der Waals surface area contributed by atoms with Crippen LogP contribution in [0.5, 0.6) is 0 Å². The van der Waals surface area contributed by atoms with Crippen molar-refractivity contribution in [1.82, 2.24) is 0 Å². The number of rotatable bonds is 5. The second-order valence-corrected chi connectivity index (χ2v) is 3.13. The van der Waals surface area contributed by atoms with E-state index in [0.717, 1.165) is 0 Å². The Morgan fingerprint density at radius 1 is 1.71 bits per heavy atom. The summed E-state index contributed by atoms with van der Waals surface area (Å²) in [5.41, 5.74) is 0. The van der Waals surface area contributed by atoms with Gasteiger partial charge in [0, 0.05) is 10.8 Å². The van der Waals surface area contributed by atoms with Crippen LogP contribution >= 0.6 is 0 Å². The van der Waals surface area contributed by atoms with Gasteiger partial charge in [-0.15, -0.1) is 0 Å². The van der Waals surface area contributed by atoms with Crippen LogP contribution in [0.1, 0.15) is 18.6 Å². The molecule has 5 nitrogen and oxygen atoms in total. The summed E-state index contributed by atoms with van der Waals surface area (Å²) in [6.45, 7) is 1.36. The van der Waals surface area contributed by atoms with Crippen LogP contribution in [-0.2, 0) is 4.79 Å². The molecule has 14 heavy (non-hydrogen) atoms. The molecule has 0 fully saturated rings. The molecule has 2 atom stereocenters. The van der Waals surface area contributed by atoms with Gasteiger partial charge in [-0.25, -0.2) is 0 Å². The van der Waals surface area contributed by atoms with E-state index in [0.29, 0.717) is 12.0 Å². The number of hydrogen-bond donors (Lipinski definition) is 0. The van der Waals surface area contributed by atoms with Gasteiger partial charge in [0.2, 0.25) is 6.54 Å². The predicted octanol–water partition coefficient (Wildman–Crippen LogP) is 1.47. The van der Waals surface area contributed by atoms with Gasteiger partial charge >= 0.3 is 0 Å². The van der Waals surface area contributed by atoms with E-state index in [-0.39, 0.29) is 6.54 Å². The lowest BCUT2D eigenvalue weighted by atomic mass is 9.93. The van der Waals surface area contributed by atoms with Crippen LogP contribution in [0.2, 0.25) is 0 Å². The molecule has 0 spiro atoms. The fourth-order valence-corrected chi connectivity index (χ4v) is 1.27. The van der Waals surface area contributed by atoms with Crippen LogP contribution in [0.15, 0.2) is 22.8 Å². The highest BCUT2D eigenvalue weighted by molar-refractivity contribution is 5.54. The maximum absolute atomic E-state index is 10.6. The van der Waals surface area contributed by atoms with Gasteiger partial charge in [0.15, 0.2) is 0 Å². The van der Waals surface area contributed by atoms with Crippen LogP contribution in [0.4, 0.5) is 0 Å². The van der Waals surface area contributed by atoms with E-state index in [9.17, 15) is 14.9 Å². The smallest absolute Gasteiger partial charge is 0.214 e. The lowest BCUT2D eigenvalue weighted by Gasteiger charge is -2.12. The molecule has 0 unspecified atom stereocenters. The second kappa shape index (κ2) is 4.55. The van der Waals surface area contributed by atoms with Crippen LogP contribution < -0.4 is 0 Å². The van der Waals surface area contributed by atoms with Crippen molar-refractivity contribution in [2.75, 3.05) is 6.54 Å². The molecule has 0 aliphatic carbocycles. The zero-order valence-corrected chi connectivity index (χ0v) is 7.75. The van der Waals surface area contributed by atoms with Gasteiger partial charge in [0.05, 0.1) is 12.2 Å². The molecule has 0 saturated heterocycles. The first-order valence-electron chi connectivity index (χ1n) is 4.25. The number of carbonyl (C=O) groups is 1. The molecule has 1 heterocycles. The summed E-state index contributed by atoms with van der Waals surface area (Å²) >= 11 is 0. The van der Waals surface area contributed by atoms with Crippen LogP contribution in [0.3, 0.4) is 0 Å². The minimum Gasteiger partial charge on any atom is -0.469 e. The molecule has 1 aromatic rings. The van der Waals surface area contributed by atoms with Gasteiger partial charge in [-0.2, -0.15) is 0 Å². The molecule has 0 aromatic carbocycles. The average Bonchev–Trinajstić information content (AvgIpc) is 2.65. The fourth-order valence-electron chi connectivity index (χ4n) is 1.27. The zero-order valence-electron chi connectivity index (χ0n) is 7.75. The molecule has 1 aromatic heterocycles. The molecule has 0 radical (unpaired) electrons. The summed E-state index contributed by atoms with van der Waals surface area (Å²) in [5.74, 6) is -0.398. The lowest BCUT2D eigenvalue weighted by Crippen LogP contribution is -2.19. The molecule has 0 aliphatic rings. The van der Waals surface area contributed by atoms with Crippen molar-refractivity contribution in [3.05, 3.63) is 34.3 Å². The largest absolute Gasteiger partial charge is 0.469 e. The molecule has 1 rings (SSSR count). The number of nitrogens with zero attached hydrogens (tertiary/aromatic N) is 1. The summed E-state index contributed by atoms with van der Waals surface area (Å²) in [6.07, 6.45) is 2.15. The quantitative estimate of drug-likeness (QED) is 0.407. The number of hydrogen-bond acceptors (Lipinski definition) is 4. The Morgan fingerprint density at radius 2 is 2.43 bits per heavy atom. The Labute approximate surface area is 80.9 Å². The van der Waals surface area contributed by atoms with Gasteiger partial charge < -0.3 is 9.21 Å². The number of furan rings is 1. The normalized spacial score (nSPS) is 14.6. The molecule has 0 bridgehead atoms. The SMILES string of the molecule is C[C@@H](C=O)[C@H](C[N+](=O)[O-])c1ccco1. The zero-order chi connectivity index (χ0) is 10.6. The van der Waals surface area contributed by atoms with Gasteiger partial charge in [-0.3, -0.25) is 10.1 Å². The summed E-state index contributed by atoms with van der Waals surface area (Å²) in [5, 5.41) is 10.4. The van der Waals surface area contributed by atoms with Crippen molar-refractivity contribution in [3.63, 3.8) is 0 Å². The third-order valence-corrected chi connectivity index (χ3v) is 2.10. The maximum atomic E-state index is 10.6. The van der Waals surface area contributed by atoms with E-state index >= 15 is 0 Å². The summed E-state index contributed by atoms with van der Waals surface area (Å²) in [6, 6.07) is 3.30. The summed E-state index contributed by atoms with van der Waals surface area (Å²) in [4.78, 5) is 20.5. The van der Waals surface area contributed by atoms with Crippen LogP contribution in [0, 0.1) is 16.0 Å². The van der Waals surface area contributed by atoms with Gasteiger partial charge in [0.25, 0.3) is 0 Å². The third-order valence-electron chi connectivity index (χ3n) is 2.10. The Kier molecular flexibility index (Phi) is 3.39. The maximum Gasteiger partial charge on any atom is 0.214 e. The van der Waals surface area contributed by atoms with E-state index < -0.39 is 16.8 Å². The Balaban J connectivity index is 2.82. The molecule has 0 aliphatic heterocycles. The number of aldehydes is 1. The van der Waals surface area contributed by atoms with E-state index in [1.165, 1.54) is 6.26 Å².